The zero-order valence-electron chi connectivity index (χ0n) is 14.2. The molecule has 2 nitrogen and oxygen atoms in total. The molecular formula is C21H17BrCl2N2. The molecule has 0 amide bonds. The van der Waals surface area contributed by atoms with Crippen molar-refractivity contribution in [1.29, 1.82) is 0 Å². The number of allylic oxidation sites excluding steroid dienone is 3. The predicted octanol–water partition coefficient (Wildman–Crippen LogP) is 2.26. The van der Waals surface area contributed by atoms with E-state index in [1.54, 1.807) is 0 Å². The van der Waals surface area contributed by atoms with Crippen LogP contribution in [0, 0.1) is 0 Å². The number of benzene rings is 2. The van der Waals surface area contributed by atoms with Crippen molar-refractivity contribution < 1.29 is 21.5 Å². The lowest BCUT2D eigenvalue weighted by molar-refractivity contribution is -0.672. The highest BCUT2D eigenvalue weighted by Gasteiger charge is 2.19. The van der Waals surface area contributed by atoms with Crippen molar-refractivity contribution in [1.82, 2.24) is 4.57 Å². The quantitative estimate of drug-likeness (QED) is 0.533. The summed E-state index contributed by atoms with van der Waals surface area (Å²) >= 11 is 12.1. The third-order valence-corrected chi connectivity index (χ3v) is 4.98. The Morgan fingerprint density at radius 3 is 2.04 bits per heavy atom. The van der Waals surface area contributed by atoms with Gasteiger partial charge < -0.3 is 17.0 Å². The van der Waals surface area contributed by atoms with E-state index in [0.29, 0.717) is 0 Å². The van der Waals surface area contributed by atoms with Gasteiger partial charge in [-0.2, -0.15) is 0 Å². The number of aryl methyl sites for hydroxylation is 1. The molecule has 2 heterocycles. The van der Waals surface area contributed by atoms with Crippen LogP contribution in [0.1, 0.15) is 17.0 Å². The van der Waals surface area contributed by atoms with Crippen molar-refractivity contribution in [2.24, 2.45) is 7.05 Å². The van der Waals surface area contributed by atoms with Gasteiger partial charge >= 0.3 is 0 Å². The first-order valence-electron chi connectivity index (χ1n) is 8.09. The number of fused-ring (bicyclic) bond motifs is 1. The summed E-state index contributed by atoms with van der Waals surface area (Å²) in [5.74, 6) is 1.16. The topological polar surface area (TPSA) is 8.81 Å². The van der Waals surface area contributed by atoms with Gasteiger partial charge in [-0.15, -0.1) is 0 Å². The van der Waals surface area contributed by atoms with E-state index in [1.807, 2.05) is 24.3 Å². The van der Waals surface area contributed by atoms with Crippen LogP contribution in [0.4, 0.5) is 0 Å². The summed E-state index contributed by atoms with van der Waals surface area (Å²) in [5, 5.41) is 1.49. The van der Waals surface area contributed by atoms with Crippen LogP contribution in [0.5, 0.6) is 0 Å². The molecule has 0 fully saturated rings. The zero-order chi connectivity index (χ0) is 17.4. The molecule has 2 aromatic carbocycles. The Bertz CT molecular complexity index is 984. The minimum absolute atomic E-state index is 0. The minimum Gasteiger partial charge on any atom is -1.00 e. The summed E-state index contributed by atoms with van der Waals surface area (Å²) in [5.41, 5.74) is 4.72. The van der Waals surface area contributed by atoms with Crippen molar-refractivity contribution in [3.8, 4) is 0 Å². The van der Waals surface area contributed by atoms with E-state index in [9.17, 15) is 0 Å². The molecule has 0 saturated carbocycles. The van der Waals surface area contributed by atoms with Crippen LogP contribution < -0.4 is 21.5 Å². The van der Waals surface area contributed by atoms with Gasteiger partial charge in [0.15, 0.2) is 0 Å². The maximum absolute atomic E-state index is 6.06. The molecule has 132 valence electrons. The fourth-order valence-electron chi connectivity index (χ4n) is 3.10. The van der Waals surface area contributed by atoms with Crippen LogP contribution in [0.3, 0.4) is 0 Å². The molecule has 0 saturated heterocycles. The second kappa shape index (κ2) is 7.83. The van der Waals surface area contributed by atoms with E-state index in [2.05, 4.69) is 65.0 Å². The Hall–Kier alpha value is -1.81. The van der Waals surface area contributed by atoms with Crippen LogP contribution >= 0.6 is 23.2 Å². The molecule has 0 N–H and O–H groups in total. The molecule has 0 aliphatic carbocycles. The molecule has 0 bridgehead atoms. The smallest absolute Gasteiger partial charge is 0.282 e. The summed E-state index contributed by atoms with van der Waals surface area (Å²) in [6.45, 7) is 0.811. The molecule has 4 rings (SSSR count). The fourth-order valence-corrected chi connectivity index (χ4v) is 3.35. The SMILES string of the molecule is C[n+]1ccn2c1C=C(c1ccc(Cl)cc1)C=C(c1ccc(Cl)cc1)C2.[Br-]. The lowest BCUT2D eigenvalue weighted by Crippen LogP contribution is -3.00. The number of imidazole rings is 1. The molecule has 0 unspecified atom stereocenters. The monoisotopic (exact) mass is 446 g/mol. The summed E-state index contributed by atoms with van der Waals surface area (Å²) in [7, 11) is 2.06. The molecule has 3 aromatic rings. The van der Waals surface area contributed by atoms with Crippen molar-refractivity contribution >= 4 is 40.4 Å². The van der Waals surface area contributed by atoms with Crippen LogP contribution in [-0.4, -0.2) is 4.57 Å². The number of nitrogens with zero attached hydrogens (tertiary/aromatic N) is 2. The van der Waals surface area contributed by atoms with Crippen molar-refractivity contribution in [2.75, 3.05) is 0 Å². The molecule has 5 heteroatoms. The van der Waals surface area contributed by atoms with Gasteiger partial charge in [0.1, 0.15) is 18.9 Å². The number of rotatable bonds is 2. The van der Waals surface area contributed by atoms with Gasteiger partial charge in [-0.25, -0.2) is 9.13 Å². The summed E-state index contributed by atoms with van der Waals surface area (Å²) in [6, 6.07) is 16.0. The highest BCUT2D eigenvalue weighted by Crippen LogP contribution is 2.29. The number of hydrogen-bond donors (Lipinski definition) is 0. The van der Waals surface area contributed by atoms with Crippen molar-refractivity contribution in [3.63, 3.8) is 0 Å². The third kappa shape index (κ3) is 3.80. The van der Waals surface area contributed by atoms with E-state index < -0.39 is 0 Å². The van der Waals surface area contributed by atoms with Gasteiger partial charge in [0.25, 0.3) is 5.82 Å². The largest absolute Gasteiger partial charge is 1.00 e. The lowest BCUT2D eigenvalue weighted by Gasteiger charge is -2.07. The number of hydrogen-bond acceptors (Lipinski definition) is 0. The molecular weight excluding hydrogens is 431 g/mol. The second-order valence-electron chi connectivity index (χ2n) is 6.18. The maximum Gasteiger partial charge on any atom is 0.282 e. The Kier molecular flexibility index (Phi) is 5.71. The van der Waals surface area contributed by atoms with Crippen LogP contribution in [0.15, 0.2) is 67.0 Å². The van der Waals surface area contributed by atoms with Crippen molar-refractivity contribution in [3.05, 3.63) is 94.0 Å². The van der Waals surface area contributed by atoms with Gasteiger partial charge in [0, 0.05) is 21.7 Å². The standard InChI is InChI=1S/C21H17Cl2N2.BrH/c1-24-10-11-25-14-18(16-4-8-20(23)9-5-16)12-17(13-21(24)25)15-2-6-19(22)7-3-15;/h2-13H,14H2,1H3;1H/q+1;/p-1. The average molecular weight is 448 g/mol. The first kappa shape index (κ1) is 19.0. The Morgan fingerprint density at radius 2 is 1.42 bits per heavy atom. The zero-order valence-corrected chi connectivity index (χ0v) is 17.3. The van der Waals surface area contributed by atoms with Crippen molar-refractivity contribution in [2.45, 2.75) is 6.54 Å². The highest BCUT2D eigenvalue weighted by molar-refractivity contribution is 6.30. The first-order valence-corrected chi connectivity index (χ1v) is 8.85. The Balaban J connectivity index is 0.00000196. The molecule has 1 aromatic heterocycles. The van der Waals surface area contributed by atoms with Gasteiger partial charge in [0.05, 0.1) is 7.05 Å². The van der Waals surface area contributed by atoms with E-state index in [4.69, 9.17) is 23.2 Å². The average Bonchev–Trinajstić information content (AvgIpc) is 2.84. The molecule has 0 spiro atoms. The second-order valence-corrected chi connectivity index (χ2v) is 7.05. The molecule has 1 aliphatic rings. The van der Waals surface area contributed by atoms with Gasteiger partial charge in [-0.3, -0.25) is 0 Å². The van der Waals surface area contributed by atoms with E-state index in [0.717, 1.165) is 33.6 Å². The highest BCUT2D eigenvalue weighted by atomic mass is 79.9. The molecule has 1 aliphatic heterocycles. The predicted molar refractivity (Wildman–Crippen MR) is 104 cm³/mol. The maximum atomic E-state index is 6.06. The molecule has 0 radical (unpaired) electrons. The van der Waals surface area contributed by atoms with Crippen LogP contribution in [0.2, 0.25) is 10.0 Å². The minimum atomic E-state index is 0. The molecule has 26 heavy (non-hydrogen) atoms. The fraction of sp³-hybridized carbons (Fsp3) is 0.0952. The first-order chi connectivity index (χ1) is 12.1. The van der Waals surface area contributed by atoms with E-state index >= 15 is 0 Å². The summed E-state index contributed by atoms with van der Waals surface area (Å²) < 4.78 is 4.39. The van der Waals surface area contributed by atoms with E-state index in [1.165, 1.54) is 11.1 Å². The Labute approximate surface area is 173 Å². The number of halogens is 3. The summed E-state index contributed by atoms with van der Waals surface area (Å²) in [4.78, 5) is 0. The van der Waals surface area contributed by atoms with Crippen LogP contribution in [-0.2, 0) is 13.6 Å². The van der Waals surface area contributed by atoms with Gasteiger partial charge in [-0.05, 0) is 47.0 Å². The normalized spacial score (nSPS) is 13.2. The third-order valence-electron chi connectivity index (χ3n) is 4.47. The van der Waals surface area contributed by atoms with Gasteiger partial charge in [0.2, 0.25) is 0 Å². The van der Waals surface area contributed by atoms with Crippen LogP contribution in [0.25, 0.3) is 17.2 Å². The van der Waals surface area contributed by atoms with Gasteiger partial charge in [-0.1, -0.05) is 47.5 Å². The van der Waals surface area contributed by atoms with E-state index in [-0.39, 0.29) is 17.0 Å². The summed E-state index contributed by atoms with van der Waals surface area (Å²) in [6.07, 6.45) is 8.65. The molecule has 0 atom stereocenters. The number of aromatic nitrogens is 2. The lowest BCUT2D eigenvalue weighted by atomic mass is 9.99. The Morgan fingerprint density at radius 1 is 0.846 bits per heavy atom.